The molecule has 0 aliphatic carbocycles. The third-order valence-electron chi connectivity index (χ3n) is 4.91. The van der Waals surface area contributed by atoms with Crippen molar-refractivity contribution in [2.75, 3.05) is 12.0 Å². The van der Waals surface area contributed by atoms with Crippen LogP contribution in [0, 0.1) is 10.1 Å². The lowest BCUT2D eigenvalue weighted by atomic mass is 10.1. The number of non-ortho nitro benzene ring substituents is 1. The van der Waals surface area contributed by atoms with Crippen molar-refractivity contribution in [3.05, 3.63) is 96.3 Å². The van der Waals surface area contributed by atoms with Gasteiger partial charge in [0, 0.05) is 17.2 Å². The predicted molar refractivity (Wildman–Crippen MR) is 138 cm³/mol. The Balaban J connectivity index is 1.57. The number of hydrogen-bond donors (Lipinski definition) is 0. The fraction of sp³-hybridized carbons (Fsp3) is 0.0833. The maximum Gasteiger partial charge on any atom is 0.298 e. The van der Waals surface area contributed by atoms with E-state index in [0.29, 0.717) is 37.8 Å². The number of nitro benzene ring substituents is 1. The predicted octanol–water partition coefficient (Wildman–Crippen LogP) is 6.84. The van der Waals surface area contributed by atoms with Gasteiger partial charge in [-0.1, -0.05) is 29.8 Å². The molecule has 1 fully saturated rings. The average Bonchev–Trinajstić information content (AvgIpc) is 3.10. The Morgan fingerprint density at radius 1 is 1.14 bits per heavy atom. The van der Waals surface area contributed by atoms with E-state index >= 15 is 0 Å². The van der Waals surface area contributed by atoms with Crippen LogP contribution in [0.5, 0.6) is 11.5 Å². The Hall–Kier alpha value is -3.34. The van der Waals surface area contributed by atoms with Crippen LogP contribution in [0.3, 0.4) is 0 Å². The zero-order chi connectivity index (χ0) is 25.1. The Kier molecular flexibility index (Phi) is 7.44. The molecule has 3 aromatic rings. The van der Waals surface area contributed by atoms with Crippen molar-refractivity contribution < 1.29 is 24.0 Å². The van der Waals surface area contributed by atoms with Gasteiger partial charge in [-0.2, -0.15) is 0 Å². The second kappa shape index (κ2) is 10.5. The van der Waals surface area contributed by atoms with Crippen LogP contribution in [-0.2, 0) is 11.4 Å². The lowest BCUT2D eigenvalue weighted by Gasteiger charge is -2.14. The number of nitrogens with zero attached hydrogens (tertiary/aromatic N) is 2. The number of hydrogen-bond acceptors (Lipinski definition) is 7. The van der Waals surface area contributed by atoms with Gasteiger partial charge in [0.25, 0.3) is 16.8 Å². The minimum absolute atomic E-state index is 0.0285. The molecule has 0 spiro atoms. The Labute approximate surface area is 217 Å². The molecule has 0 N–H and O–H groups in total. The molecule has 0 unspecified atom stereocenters. The van der Waals surface area contributed by atoms with Gasteiger partial charge in [-0.25, -0.2) is 4.90 Å². The molecule has 1 aliphatic rings. The molecule has 0 atom stereocenters. The number of thioether (sulfide) groups is 1. The zero-order valence-electron chi connectivity index (χ0n) is 18.1. The van der Waals surface area contributed by atoms with Crippen LogP contribution in [0.25, 0.3) is 6.08 Å². The van der Waals surface area contributed by atoms with E-state index < -0.39 is 16.1 Å². The first-order chi connectivity index (χ1) is 16.8. The van der Waals surface area contributed by atoms with Crippen molar-refractivity contribution in [3.63, 3.8) is 0 Å². The highest BCUT2D eigenvalue weighted by atomic mass is 79.9. The number of halogens is 2. The molecule has 0 saturated carbocycles. The van der Waals surface area contributed by atoms with Gasteiger partial charge in [0.2, 0.25) is 0 Å². The van der Waals surface area contributed by atoms with Gasteiger partial charge in [-0.05, 0) is 75.2 Å². The molecule has 2 amide bonds. The topological polar surface area (TPSA) is 99.0 Å². The Morgan fingerprint density at radius 2 is 1.91 bits per heavy atom. The van der Waals surface area contributed by atoms with Gasteiger partial charge in [0.15, 0.2) is 11.5 Å². The minimum atomic E-state index is -0.469. The number of carbonyl (C=O) groups is 2. The van der Waals surface area contributed by atoms with Gasteiger partial charge in [-0.15, -0.1) is 0 Å². The van der Waals surface area contributed by atoms with E-state index in [0.717, 1.165) is 16.7 Å². The number of benzene rings is 3. The first-order valence-electron chi connectivity index (χ1n) is 10.0. The van der Waals surface area contributed by atoms with E-state index in [9.17, 15) is 19.7 Å². The largest absolute Gasteiger partial charge is 0.493 e. The normalized spacial score (nSPS) is 14.5. The number of amides is 2. The number of anilines is 1. The van der Waals surface area contributed by atoms with Crippen molar-refractivity contribution in [3.8, 4) is 11.5 Å². The lowest BCUT2D eigenvalue weighted by molar-refractivity contribution is -0.384. The molecule has 0 bridgehead atoms. The average molecular weight is 576 g/mol. The molecular weight excluding hydrogens is 560 g/mol. The van der Waals surface area contributed by atoms with Crippen LogP contribution in [0.15, 0.2) is 70.0 Å². The van der Waals surface area contributed by atoms with Crippen LogP contribution in [0.2, 0.25) is 5.02 Å². The van der Waals surface area contributed by atoms with Gasteiger partial charge in [0.05, 0.1) is 27.1 Å². The summed E-state index contributed by atoms with van der Waals surface area (Å²) in [5.74, 6) is 0.316. The first-order valence-corrected chi connectivity index (χ1v) is 12.0. The van der Waals surface area contributed by atoms with Crippen LogP contribution in [0.4, 0.5) is 16.2 Å². The van der Waals surface area contributed by atoms with Crippen molar-refractivity contribution in [1.82, 2.24) is 0 Å². The van der Waals surface area contributed by atoms with E-state index in [1.807, 2.05) is 0 Å². The van der Waals surface area contributed by atoms with E-state index in [1.165, 1.54) is 19.2 Å². The third kappa shape index (κ3) is 5.50. The van der Waals surface area contributed by atoms with Crippen molar-refractivity contribution in [2.24, 2.45) is 0 Å². The number of methoxy groups -OCH3 is 1. The highest BCUT2D eigenvalue weighted by molar-refractivity contribution is 9.10. The van der Waals surface area contributed by atoms with Crippen LogP contribution in [0.1, 0.15) is 11.1 Å². The maximum atomic E-state index is 12.9. The number of nitro groups is 1. The van der Waals surface area contributed by atoms with Crippen LogP contribution < -0.4 is 14.4 Å². The van der Waals surface area contributed by atoms with Gasteiger partial charge >= 0.3 is 0 Å². The van der Waals surface area contributed by atoms with Crippen molar-refractivity contribution in [1.29, 1.82) is 0 Å². The van der Waals surface area contributed by atoms with E-state index in [-0.39, 0.29) is 17.2 Å². The molecule has 11 heteroatoms. The summed E-state index contributed by atoms with van der Waals surface area (Å²) in [4.78, 5) is 37.3. The molecule has 0 radical (unpaired) electrons. The summed E-state index contributed by atoms with van der Waals surface area (Å²) in [5, 5.41) is 11.0. The van der Waals surface area contributed by atoms with Crippen LogP contribution >= 0.6 is 39.3 Å². The summed E-state index contributed by atoms with van der Waals surface area (Å²) < 4.78 is 11.9. The molecule has 0 aromatic heterocycles. The lowest BCUT2D eigenvalue weighted by Crippen LogP contribution is -2.27. The SMILES string of the molecule is COc1cc(/C=C2/SC(=O)N(c3cccc(Cl)c3)C2=O)cc(Br)c1OCc1cccc([N+](=O)[O-])c1. The zero-order valence-corrected chi connectivity index (χ0v) is 21.2. The number of imide groups is 1. The summed E-state index contributed by atoms with van der Waals surface area (Å²) in [6, 6.07) is 16.0. The molecule has 1 saturated heterocycles. The van der Waals surface area contributed by atoms with Gasteiger partial charge < -0.3 is 9.47 Å². The Bertz CT molecular complexity index is 1380. The quantitative estimate of drug-likeness (QED) is 0.173. The maximum absolute atomic E-state index is 12.9. The number of carbonyl (C=O) groups excluding carboxylic acids is 2. The highest BCUT2D eigenvalue weighted by Crippen LogP contribution is 2.40. The number of ether oxygens (including phenoxy) is 2. The standard InChI is InChI=1S/C24H16BrClN2O6S/c1-33-20-10-15(9-19(25)22(20)34-13-14-4-2-7-18(8-14)28(31)32)11-21-23(29)27(24(30)35-21)17-6-3-5-16(26)12-17/h2-12H,13H2,1H3/b21-11+. The van der Waals surface area contributed by atoms with Gasteiger partial charge in [0.1, 0.15) is 6.61 Å². The van der Waals surface area contributed by atoms with Gasteiger partial charge in [-0.3, -0.25) is 19.7 Å². The summed E-state index contributed by atoms with van der Waals surface area (Å²) in [5.41, 5.74) is 1.59. The van der Waals surface area contributed by atoms with E-state index in [4.69, 9.17) is 21.1 Å². The van der Waals surface area contributed by atoms with Crippen molar-refractivity contribution >= 4 is 67.9 Å². The summed E-state index contributed by atoms with van der Waals surface area (Å²) in [6.07, 6.45) is 1.59. The molecule has 3 aromatic carbocycles. The fourth-order valence-corrected chi connectivity index (χ4v) is 4.94. The monoisotopic (exact) mass is 574 g/mol. The van der Waals surface area contributed by atoms with E-state index in [2.05, 4.69) is 15.9 Å². The molecule has 1 heterocycles. The highest BCUT2D eigenvalue weighted by Gasteiger charge is 2.36. The first kappa shape index (κ1) is 24.8. The number of rotatable bonds is 7. The summed E-state index contributed by atoms with van der Waals surface area (Å²) in [7, 11) is 1.47. The Morgan fingerprint density at radius 3 is 2.63 bits per heavy atom. The minimum Gasteiger partial charge on any atom is -0.493 e. The summed E-state index contributed by atoms with van der Waals surface area (Å²) >= 11 is 10.3. The second-order valence-electron chi connectivity index (χ2n) is 7.25. The molecule has 35 heavy (non-hydrogen) atoms. The second-order valence-corrected chi connectivity index (χ2v) is 9.53. The molecule has 8 nitrogen and oxygen atoms in total. The summed E-state index contributed by atoms with van der Waals surface area (Å²) in [6.45, 7) is 0.0779. The third-order valence-corrected chi connectivity index (χ3v) is 6.61. The smallest absolute Gasteiger partial charge is 0.298 e. The molecular formula is C24H16BrClN2O6S. The molecule has 4 rings (SSSR count). The molecule has 178 valence electrons. The van der Waals surface area contributed by atoms with Crippen LogP contribution in [-0.4, -0.2) is 23.2 Å². The van der Waals surface area contributed by atoms with Crippen molar-refractivity contribution in [2.45, 2.75) is 6.61 Å². The van der Waals surface area contributed by atoms with E-state index in [1.54, 1.807) is 54.6 Å². The fourth-order valence-electron chi connectivity index (χ4n) is 3.34. The molecule has 1 aliphatic heterocycles.